The standard InChI is InChI=1S/C9H9F3Si/c10-13(11,12)8-4-7-9-5-2-1-3-6-9/h1-7H,8H2/b7-4+. The Morgan fingerprint density at radius 3 is 2.23 bits per heavy atom. The van der Waals surface area contributed by atoms with Crippen LogP contribution in [0.15, 0.2) is 36.4 Å². The molecule has 0 amide bonds. The van der Waals surface area contributed by atoms with Crippen molar-refractivity contribution in [2.24, 2.45) is 0 Å². The summed E-state index contributed by atoms with van der Waals surface area (Å²) in [4.78, 5) is 0. The average molecular weight is 202 g/mol. The van der Waals surface area contributed by atoms with Crippen LogP contribution >= 0.6 is 0 Å². The molecular formula is C9H9F3Si. The van der Waals surface area contributed by atoms with Gasteiger partial charge in [0.2, 0.25) is 0 Å². The van der Waals surface area contributed by atoms with Gasteiger partial charge in [-0.2, -0.15) is 0 Å². The maximum Gasteiger partial charge on any atom is 0.620 e. The van der Waals surface area contributed by atoms with Crippen LogP contribution in [0.5, 0.6) is 0 Å². The quantitative estimate of drug-likeness (QED) is 0.519. The second-order valence-electron chi connectivity index (χ2n) is 2.63. The SMILES string of the molecule is F[Si](F)(F)C/C=C/c1ccccc1. The first-order valence-corrected chi connectivity index (χ1v) is 5.70. The zero-order valence-electron chi connectivity index (χ0n) is 6.88. The summed E-state index contributed by atoms with van der Waals surface area (Å²) in [7, 11) is -5.40. The molecule has 1 rings (SSSR count). The zero-order chi connectivity index (χ0) is 9.73. The molecule has 0 aliphatic carbocycles. The highest BCUT2D eigenvalue weighted by Crippen LogP contribution is 2.15. The first kappa shape index (κ1) is 10.1. The van der Waals surface area contributed by atoms with E-state index in [1.807, 2.05) is 6.07 Å². The van der Waals surface area contributed by atoms with Gasteiger partial charge >= 0.3 is 9.08 Å². The monoisotopic (exact) mass is 202 g/mol. The number of hydrogen-bond donors (Lipinski definition) is 0. The van der Waals surface area contributed by atoms with Crippen LogP contribution in [0.2, 0.25) is 6.04 Å². The molecule has 4 heteroatoms. The molecule has 0 saturated carbocycles. The van der Waals surface area contributed by atoms with Crippen molar-refractivity contribution in [3.05, 3.63) is 42.0 Å². The van der Waals surface area contributed by atoms with Crippen molar-refractivity contribution in [3.63, 3.8) is 0 Å². The van der Waals surface area contributed by atoms with Crippen molar-refractivity contribution in [3.8, 4) is 0 Å². The molecule has 0 atom stereocenters. The molecule has 0 aromatic heterocycles. The van der Waals surface area contributed by atoms with Crippen molar-refractivity contribution in [2.45, 2.75) is 6.04 Å². The van der Waals surface area contributed by atoms with Gasteiger partial charge in [-0.05, 0) is 5.56 Å². The van der Waals surface area contributed by atoms with Gasteiger partial charge in [-0.25, -0.2) is 12.3 Å². The second kappa shape index (κ2) is 4.27. The van der Waals surface area contributed by atoms with E-state index in [-0.39, 0.29) is 0 Å². The van der Waals surface area contributed by atoms with E-state index in [4.69, 9.17) is 0 Å². The van der Waals surface area contributed by atoms with E-state index in [2.05, 4.69) is 0 Å². The Labute approximate surface area is 76.2 Å². The Kier molecular flexibility index (Phi) is 3.30. The molecule has 0 unspecified atom stereocenters. The minimum absolute atomic E-state index is 0.734. The lowest BCUT2D eigenvalue weighted by atomic mass is 10.2. The van der Waals surface area contributed by atoms with Crippen molar-refractivity contribution in [1.29, 1.82) is 0 Å². The van der Waals surface area contributed by atoms with Crippen LogP contribution in [0.25, 0.3) is 6.08 Å². The third-order valence-electron chi connectivity index (χ3n) is 1.46. The van der Waals surface area contributed by atoms with E-state index in [0.717, 1.165) is 5.56 Å². The van der Waals surface area contributed by atoms with E-state index in [0.29, 0.717) is 0 Å². The predicted molar refractivity (Wildman–Crippen MR) is 49.4 cm³/mol. The fourth-order valence-electron chi connectivity index (χ4n) is 0.893. The molecule has 70 valence electrons. The Morgan fingerprint density at radius 1 is 1.08 bits per heavy atom. The summed E-state index contributed by atoms with van der Waals surface area (Å²) in [6.45, 7) is 0. The number of halogens is 3. The zero-order valence-corrected chi connectivity index (χ0v) is 7.88. The lowest BCUT2D eigenvalue weighted by Crippen LogP contribution is -2.11. The maximum absolute atomic E-state index is 11.8. The van der Waals surface area contributed by atoms with Crippen LogP contribution < -0.4 is 0 Å². The summed E-state index contributed by atoms with van der Waals surface area (Å²) in [5, 5.41) is 0. The summed E-state index contributed by atoms with van der Waals surface area (Å²) < 4.78 is 35.5. The third kappa shape index (κ3) is 4.52. The molecule has 1 aromatic rings. The van der Waals surface area contributed by atoms with Crippen LogP contribution in [0, 0.1) is 0 Å². The van der Waals surface area contributed by atoms with Gasteiger partial charge in [0.05, 0.1) is 0 Å². The molecule has 13 heavy (non-hydrogen) atoms. The summed E-state index contributed by atoms with van der Waals surface area (Å²) in [6.07, 6.45) is 2.68. The second-order valence-corrected chi connectivity index (χ2v) is 4.27. The van der Waals surface area contributed by atoms with E-state index in [1.165, 1.54) is 12.2 Å². The van der Waals surface area contributed by atoms with Gasteiger partial charge in [0.15, 0.2) is 0 Å². The van der Waals surface area contributed by atoms with Crippen molar-refractivity contribution >= 4 is 15.2 Å². The largest absolute Gasteiger partial charge is 0.620 e. The molecule has 0 nitrogen and oxygen atoms in total. The van der Waals surface area contributed by atoms with Crippen LogP contribution in [-0.2, 0) is 0 Å². The van der Waals surface area contributed by atoms with Gasteiger partial charge < -0.3 is 0 Å². The summed E-state index contributed by atoms with van der Waals surface area (Å²) >= 11 is 0. The molecule has 0 heterocycles. The molecular weight excluding hydrogens is 193 g/mol. The van der Waals surface area contributed by atoms with E-state index < -0.39 is 15.1 Å². The number of benzene rings is 1. The van der Waals surface area contributed by atoms with Gasteiger partial charge in [0, 0.05) is 6.04 Å². The Balaban J connectivity index is 2.51. The highest BCUT2D eigenvalue weighted by atomic mass is 28.5. The molecule has 0 radical (unpaired) electrons. The van der Waals surface area contributed by atoms with Crippen molar-refractivity contribution in [1.82, 2.24) is 0 Å². The molecule has 0 aliphatic heterocycles. The van der Waals surface area contributed by atoms with Gasteiger partial charge in [0.25, 0.3) is 0 Å². The van der Waals surface area contributed by atoms with Crippen molar-refractivity contribution in [2.75, 3.05) is 0 Å². The van der Waals surface area contributed by atoms with Crippen LogP contribution in [-0.4, -0.2) is 9.08 Å². The predicted octanol–water partition coefficient (Wildman–Crippen LogP) is 3.55. The first-order chi connectivity index (χ1) is 6.08. The van der Waals surface area contributed by atoms with Crippen LogP contribution in [0.4, 0.5) is 12.3 Å². The lowest BCUT2D eigenvalue weighted by Gasteiger charge is -1.95. The normalized spacial score (nSPS) is 12.2. The molecule has 1 aromatic carbocycles. The fraction of sp³-hybridized carbons (Fsp3) is 0.111. The Morgan fingerprint density at radius 2 is 1.69 bits per heavy atom. The van der Waals surface area contributed by atoms with Gasteiger partial charge in [-0.15, -0.1) is 0 Å². The molecule has 0 saturated heterocycles. The van der Waals surface area contributed by atoms with Crippen molar-refractivity contribution < 1.29 is 12.3 Å². The molecule has 0 bridgehead atoms. The number of allylic oxidation sites excluding steroid dienone is 1. The number of rotatable bonds is 3. The first-order valence-electron chi connectivity index (χ1n) is 3.86. The third-order valence-corrected chi connectivity index (χ3v) is 2.16. The summed E-state index contributed by atoms with van der Waals surface area (Å²) in [5.74, 6) is 0. The number of hydrogen-bond acceptors (Lipinski definition) is 0. The lowest BCUT2D eigenvalue weighted by molar-refractivity contribution is 0.478. The summed E-state index contributed by atoms with van der Waals surface area (Å²) in [6, 6.07) is 8.23. The average Bonchev–Trinajstić information content (AvgIpc) is 2.04. The Hall–Kier alpha value is -1.03. The minimum Gasteiger partial charge on any atom is -0.237 e. The Bertz CT molecular complexity index is 277. The van der Waals surface area contributed by atoms with Crippen LogP contribution in [0.1, 0.15) is 5.56 Å². The van der Waals surface area contributed by atoms with Gasteiger partial charge in [-0.3, -0.25) is 0 Å². The fourth-order valence-corrected chi connectivity index (χ4v) is 1.28. The highest BCUT2D eigenvalue weighted by Gasteiger charge is 2.34. The van der Waals surface area contributed by atoms with E-state index in [9.17, 15) is 12.3 Å². The van der Waals surface area contributed by atoms with Crippen LogP contribution in [0.3, 0.4) is 0 Å². The molecule has 0 spiro atoms. The summed E-state index contributed by atoms with van der Waals surface area (Å²) in [5.41, 5.74) is 0.806. The van der Waals surface area contributed by atoms with Gasteiger partial charge in [0.1, 0.15) is 0 Å². The maximum atomic E-state index is 11.8. The molecule has 0 aliphatic rings. The molecule has 0 fully saturated rings. The van der Waals surface area contributed by atoms with E-state index in [1.54, 1.807) is 24.3 Å². The molecule has 0 N–H and O–H groups in total. The topological polar surface area (TPSA) is 0 Å². The smallest absolute Gasteiger partial charge is 0.237 e. The van der Waals surface area contributed by atoms with Gasteiger partial charge in [-0.1, -0.05) is 42.5 Å². The van der Waals surface area contributed by atoms with E-state index >= 15 is 0 Å². The minimum atomic E-state index is -5.40. The highest BCUT2D eigenvalue weighted by molar-refractivity contribution is 6.59.